The summed E-state index contributed by atoms with van der Waals surface area (Å²) in [4.78, 5) is 19.1. The molecule has 1 amide bonds. The number of rotatable bonds is 3. The standard InChI is InChI=1S/C13H14N2O3S/c16-7-9-3-1-5-15(9)13(17)11-12(18-8-14-11)10-4-2-6-19-10/h2,4,6,8-9,16H,1,3,5,7H2/t9-/m1/s1. The highest BCUT2D eigenvalue weighted by atomic mass is 32.1. The highest BCUT2D eigenvalue weighted by Crippen LogP contribution is 2.29. The molecule has 0 aliphatic carbocycles. The van der Waals surface area contributed by atoms with E-state index in [1.54, 1.807) is 4.90 Å². The fourth-order valence-corrected chi connectivity index (χ4v) is 3.12. The largest absolute Gasteiger partial charge is 0.442 e. The SMILES string of the molecule is O=C(c1ncoc1-c1cccs1)N1CCC[C@@H]1CO. The lowest BCUT2D eigenvalue weighted by atomic mass is 10.2. The molecule has 1 aliphatic heterocycles. The molecule has 0 saturated carbocycles. The van der Waals surface area contributed by atoms with Gasteiger partial charge in [0.15, 0.2) is 17.8 Å². The Balaban J connectivity index is 1.91. The van der Waals surface area contributed by atoms with Gasteiger partial charge in [-0.2, -0.15) is 0 Å². The topological polar surface area (TPSA) is 66.6 Å². The molecular formula is C13H14N2O3S. The molecule has 1 aliphatic rings. The third-order valence-electron chi connectivity index (χ3n) is 3.36. The Bertz CT molecular complexity index is 564. The number of aliphatic hydroxyl groups excluding tert-OH is 1. The van der Waals surface area contributed by atoms with Crippen LogP contribution in [0, 0.1) is 0 Å². The van der Waals surface area contributed by atoms with E-state index >= 15 is 0 Å². The van der Waals surface area contributed by atoms with E-state index in [0.717, 1.165) is 17.7 Å². The van der Waals surface area contributed by atoms with E-state index in [1.807, 2.05) is 17.5 Å². The number of nitrogens with zero attached hydrogens (tertiary/aromatic N) is 2. The van der Waals surface area contributed by atoms with Crippen molar-refractivity contribution in [1.82, 2.24) is 9.88 Å². The molecule has 3 rings (SSSR count). The quantitative estimate of drug-likeness (QED) is 0.932. The first kappa shape index (κ1) is 12.4. The number of carbonyl (C=O) groups is 1. The van der Waals surface area contributed by atoms with Crippen LogP contribution in [-0.4, -0.2) is 40.1 Å². The fourth-order valence-electron chi connectivity index (χ4n) is 2.41. The Morgan fingerprint density at radius 3 is 3.26 bits per heavy atom. The predicted molar refractivity (Wildman–Crippen MR) is 71.0 cm³/mol. The lowest BCUT2D eigenvalue weighted by molar-refractivity contribution is 0.0673. The van der Waals surface area contributed by atoms with E-state index in [1.165, 1.54) is 17.7 Å². The molecule has 0 unspecified atom stereocenters. The van der Waals surface area contributed by atoms with Crippen molar-refractivity contribution in [2.24, 2.45) is 0 Å². The zero-order chi connectivity index (χ0) is 13.2. The Morgan fingerprint density at radius 2 is 2.53 bits per heavy atom. The number of oxazole rings is 1. The maximum Gasteiger partial charge on any atom is 0.276 e. The second-order valence-corrected chi connectivity index (χ2v) is 5.43. The first-order chi connectivity index (χ1) is 9.31. The van der Waals surface area contributed by atoms with Crippen LogP contribution >= 0.6 is 11.3 Å². The smallest absolute Gasteiger partial charge is 0.276 e. The lowest BCUT2D eigenvalue weighted by Crippen LogP contribution is -2.38. The van der Waals surface area contributed by atoms with E-state index in [4.69, 9.17) is 4.42 Å². The fraction of sp³-hybridized carbons (Fsp3) is 0.385. The number of hydrogen-bond donors (Lipinski definition) is 1. The van der Waals surface area contributed by atoms with Gasteiger partial charge in [-0.15, -0.1) is 11.3 Å². The Morgan fingerprint density at radius 1 is 1.63 bits per heavy atom. The zero-order valence-corrected chi connectivity index (χ0v) is 11.1. The van der Waals surface area contributed by atoms with Crippen molar-refractivity contribution in [3.63, 3.8) is 0 Å². The molecule has 0 radical (unpaired) electrons. The van der Waals surface area contributed by atoms with Gasteiger partial charge in [0.25, 0.3) is 5.91 Å². The van der Waals surface area contributed by atoms with Crippen molar-refractivity contribution < 1.29 is 14.3 Å². The minimum Gasteiger partial charge on any atom is -0.442 e. The van der Waals surface area contributed by atoms with Crippen LogP contribution in [0.1, 0.15) is 23.3 Å². The average molecular weight is 278 g/mol. The molecule has 0 bridgehead atoms. The summed E-state index contributed by atoms with van der Waals surface area (Å²) in [5.41, 5.74) is 0.336. The van der Waals surface area contributed by atoms with Gasteiger partial charge < -0.3 is 14.4 Å². The summed E-state index contributed by atoms with van der Waals surface area (Å²) in [6.07, 6.45) is 3.06. The van der Waals surface area contributed by atoms with Crippen molar-refractivity contribution in [3.8, 4) is 10.6 Å². The maximum atomic E-state index is 12.5. The first-order valence-corrected chi connectivity index (χ1v) is 7.08. The summed E-state index contributed by atoms with van der Waals surface area (Å²) in [6, 6.07) is 3.71. The van der Waals surface area contributed by atoms with Crippen molar-refractivity contribution in [2.45, 2.75) is 18.9 Å². The summed E-state index contributed by atoms with van der Waals surface area (Å²) in [5, 5.41) is 11.2. The number of aliphatic hydroxyl groups is 1. The van der Waals surface area contributed by atoms with Crippen LogP contribution in [0.15, 0.2) is 28.3 Å². The van der Waals surface area contributed by atoms with E-state index in [2.05, 4.69) is 4.98 Å². The number of carbonyl (C=O) groups excluding carboxylic acids is 1. The molecule has 3 heterocycles. The van der Waals surface area contributed by atoms with E-state index < -0.39 is 0 Å². The average Bonchev–Trinajstić information content (AvgIpc) is 3.16. The van der Waals surface area contributed by atoms with Gasteiger partial charge in [-0.25, -0.2) is 4.98 Å². The maximum absolute atomic E-state index is 12.5. The monoisotopic (exact) mass is 278 g/mol. The molecular weight excluding hydrogens is 264 g/mol. The first-order valence-electron chi connectivity index (χ1n) is 6.20. The third-order valence-corrected chi connectivity index (χ3v) is 4.23. The summed E-state index contributed by atoms with van der Waals surface area (Å²) in [7, 11) is 0. The summed E-state index contributed by atoms with van der Waals surface area (Å²) in [5.74, 6) is 0.359. The van der Waals surface area contributed by atoms with Crippen LogP contribution < -0.4 is 0 Å². The molecule has 1 saturated heterocycles. The summed E-state index contributed by atoms with van der Waals surface area (Å²) >= 11 is 1.51. The van der Waals surface area contributed by atoms with Crippen LogP contribution in [0.2, 0.25) is 0 Å². The zero-order valence-electron chi connectivity index (χ0n) is 10.3. The van der Waals surface area contributed by atoms with Gasteiger partial charge in [-0.3, -0.25) is 4.79 Å². The second-order valence-electron chi connectivity index (χ2n) is 4.48. The number of hydrogen-bond acceptors (Lipinski definition) is 5. The normalized spacial score (nSPS) is 19.0. The number of likely N-dealkylation sites (tertiary alicyclic amines) is 1. The molecule has 19 heavy (non-hydrogen) atoms. The molecule has 2 aromatic rings. The van der Waals surface area contributed by atoms with Crippen LogP contribution in [0.5, 0.6) is 0 Å². The van der Waals surface area contributed by atoms with Gasteiger partial charge in [0.1, 0.15) is 0 Å². The minimum atomic E-state index is -0.159. The third kappa shape index (κ3) is 2.17. The highest BCUT2D eigenvalue weighted by molar-refractivity contribution is 7.13. The molecule has 0 spiro atoms. The lowest BCUT2D eigenvalue weighted by Gasteiger charge is -2.22. The van der Waals surface area contributed by atoms with Crippen LogP contribution in [0.25, 0.3) is 10.6 Å². The number of aromatic nitrogens is 1. The van der Waals surface area contributed by atoms with E-state index in [9.17, 15) is 9.90 Å². The number of amides is 1. The van der Waals surface area contributed by atoms with Gasteiger partial charge in [0.2, 0.25) is 0 Å². The van der Waals surface area contributed by atoms with Crippen LogP contribution in [0.4, 0.5) is 0 Å². The van der Waals surface area contributed by atoms with E-state index in [-0.39, 0.29) is 18.6 Å². The number of thiophene rings is 1. The summed E-state index contributed by atoms with van der Waals surface area (Å²) in [6.45, 7) is 0.665. The van der Waals surface area contributed by atoms with Crippen molar-refractivity contribution in [1.29, 1.82) is 0 Å². The molecule has 1 fully saturated rings. The Kier molecular flexibility index (Phi) is 3.35. The van der Waals surface area contributed by atoms with Crippen LogP contribution in [0.3, 0.4) is 0 Å². The molecule has 1 N–H and O–H groups in total. The van der Waals surface area contributed by atoms with Gasteiger partial charge in [-0.1, -0.05) is 6.07 Å². The highest BCUT2D eigenvalue weighted by Gasteiger charge is 2.32. The molecule has 6 heteroatoms. The molecule has 1 atom stereocenters. The van der Waals surface area contributed by atoms with Gasteiger partial charge in [0.05, 0.1) is 17.5 Å². The molecule has 0 aromatic carbocycles. The van der Waals surface area contributed by atoms with Crippen molar-refractivity contribution in [2.75, 3.05) is 13.2 Å². The predicted octanol–water partition coefficient (Wildman–Crippen LogP) is 2.00. The van der Waals surface area contributed by atoms with Gasteiger partial charge >= 0.3 is 0 Å². The second kappa shape index (κ2) is 5.14. The van der Waals surface area contributed by atoms with Crippen molar-refractivity contribution in [3.05, 3.63) is 29.6 Å². The molecule has 100 valence electrons. The van der Waals surface area contributed by atoms with E-state index in [0.29, 0.717) is 18.0 Å². The van der Waals surface area contributed by atoms with Gasteiger partial charge in [0, 0.05) is 6.54 Å². The summed E-state index contributed by atoms with van der Waals surface area (Å²) < 4.78 is 5.35. The Hall–Kier alpha value is -1.66. The Labute approximate surface area is 114 Å². The minimum absolute atomic E-state index is 0.00206. The van der Waals surface area contributed by atoms with Crippen LogP contribution in [-0.2, 0) is 0 Å². The molecule has 5 nitrogen and oxygen atoms in total. The molecule has 2 aromatic heterocycles. The van der Waals surface area contributed by atoms with Crippen molar-refractivity contribution >= 4 is 17.2 Å². The van der Waals surface area contributed by atoms with Gasteiger partial charge in [-0.05, 0) is 24.3 Å².